The number of phenolic OH excluding ortho intramolecular Hbond substituents is 1. The summed E-state index contributed by atoms with van der Waals surface area (Å²) in [7, 11) is -3.89. The Balaban J connectivity index is 3.10. The second-order valence-corrected chi connectivity index (χ2v) is 6.74. The van der Waals surface area contributed by atoms with Crippen molar-refractivity contribution < 1.29 is 54.6 Å². The maximum Gasteiger partial charge on any atom is 0.435 e. The first-order chi connectivity index (χ1) is 12.3. The fourth-order valence-corrected chi connectivity index (χ4v) is 2.36. The minimum Gasteiger partial charge on any atom is -0.507 e. The predicted molar refractivity (Wildman–Crippen MR) is 81.3 cm³/mol. The molecule has 0 aliphatic carbocycles. The number of alkyl halides is 4. The molecule has 1 rings (SSSR count). The summed E-state index contributed by atoms with van der Waals surface area (Å²) < 4.78 is 95.7. The Bertz CT molecular complexity index is 767. The van der Waals surface area contributed by atoms with Gasteiger partial charge in [-0.15, -0.1) is 0 Å². The van der Waals surface area contributed by atoms with Gasteiger partial charge in [0.2, 0.25) is 0 Å². The van der Waals surface area contributed by atoms with Crippen LogP contribution < -0.4 is 0 Å². The third-order valence-electron chi connectivity index (χ3n) is 3.24. The number of carbonyl (C=O) groups excluding carboxylic acids is 1. The Morgan fingerprint density at radius 1 is 1.07 bits per heavy atom. The van der Waals surface area contributed by atoms with Gasteiger partial charge >= 0.3 is 27.3 Å². The summed E-state index contributed by atoms with van der Waals surface area (Å²) in [5.74, 6) is -7.19. The first-order valence-corrected chi connectivity index (χ1v) is 8.45. The summed E-state index contributed by atoms with van der Waals surface area (Å²) in [5.41, 5.74) is -0.277. The second kappa shape index (κ2) is 8.37. The van der Waals surface area contributed by atoms with Gasteiger partial charge in [0.15, 0.2) is 6.61 Å². The van der Waals surface area contributed by atoms with Crippen molar-refractivity contribution in [1.29, 1.82) is 0 Å². The first-order valence-electron chi connectivity index (χ1n) is 7.01. The maximum atomic E-state index is 13.4. The zero-order valence-electron chi connectivity index (χ0n) is 14.0. The van der Waals surface area contributed by atoms with Crippen molar-refractivity contribution in [2.75, 3.05) is 20.8 Å². The molecule has 1 aromatic rings. The van der Waals surface area contributed by atoms with Gasteiger partial charge < -0.3 is 19.3 Å². The molecule has 0 atom stereocenters. The topological polar surface area (TPSA) is 119 Å². The lowest BCUT2D eigenvalue weighted by Crippen LogP contribution is -2.50. The molecular weight excluding hydrogens is 404 g/mol. The molecule has 0 saturated heterocycles. The quantitative estimate of drug-likeness (QED) is 0.354. The maximum absolute atomic E-state index is 13.4. The molecule has 27 heavy (non-hydrogen) atoms. The lowest BCUT2D eigenvalue weighted by atomic mass is 10.0. The zero-order valence-corrected chi connectivity index (χ0v) is 14.9. The molecule has 0 unspecified atom stereocenters. The van der Waals surface area contributed by atoms with Crippen LogP contribution in [0.2, 0.25) is 0 Å². The Hall–Kier alpha value is -1.96. The standard InChI is InChI=1S/C14H16F4O8S/c1-24-5-9-3-8(4-10(6-25-2)11(9)19)12(20)26-7-13(15,16)14(17,18)27(21,22)23/h3-4,19H,5-7H2,1-2H3,(H,21,22,23). The number of hydrogen-bond donors (Lipinski definition) is 2. The number of carbonyl (C=O) groups is 1. The molecule has 0 aliphatic heterocycles. The molecule has 0 aromatic heterocycles. The Morgan fingerprint density at radius 2 is 1.52 bits per heavy atom. The van der Waals surface area contributed by atoms with Crippen molar-refractivity contribution in [3.8, 4) is 5.75 Å². The van der Waals surface area contributed by atoms with E-state index in [2.05, 4.69) is 4.74 Å². The van der Waals surface area contributed by atoms with E-state index in [-0.39, 0.29) is 30.1 Å². The lowest BCUT2D eigenvalue weighted by molar-refractivity contribution is -0.182. The van der Waals surface area contributed by atoms with Gasteiger partial charge in [0.05, 0.1) is 18.8 Å². The van der Waals surface area contributed by atoms with E-state index in [9.17, 15) is 35.9 Å². The van der Waals surface area contributed by atoms with Crippen molar-refractivity contribution in [3.63, 3.8) is 0 Å². The Labute approximate surface area is 151 Å². The second-order valence-electron chi connectivity index (χ2n) is 5.28. The average Bonchev–Trinajstić information content (AvgIpc) is 2.55. The first kappa shape index (κ1) is 23.1. The highest BCUT2D eigenvalue weighted by molar-refractivity contribution is 7.87. The summed E-state index contributed by atoms with van der Waals surface area (Å²) in [4.78, 5) is 11.9. The fourth-order valence-electron chi connectivity index (χ4n) is 1.92. The highest BCUT2D eigenvalue weighted by Crippen LogP contribution is 2.38. The minimum absolute atomic E-state index is 0.0639. The van der Waals surface area contributed by atoms with E-state index in [0.29, 0.717) is 0 Å². The van der Waals surface area contributed by atoms with Crippen LogP contribution in [0.1, 0.15) is 21.5 Å². The van der Waals surface area contributed by atoms with Crippen LogP contribution in [0.4, 0.5) is 17.6 Å². The van der Waals surface area contributed by atoms with E-state index in [0.717, 1.165) is 12.1 Å². The van der Waals surface area contributed by atoms with E-state index >= 15 is 0 Å². The third-order valence-corrected chi connectivity index (χ3v) is 4.18. The fraction of sp³-hybridized carbons (Fsp3) is 0.500. The summed E-state index contributed by atoms with van der Waals surface area (Å²) in [6.45, 7) is -2.68. The molecular formula is C14H16F4O8S. The molecule has 0 aliphatic rings. The predicted octanol–water partition coefficient (Wildman–Crippen LogP) is 1.96. The van der Waals surface area contributed by atoms with Gasteiger partial charge in [-0.05, 0) is 12.1 Å². The van der Waals surface area contributed by atoms with E-state index in [1.165, 1.54) is 14.2 Å². The molecule has 13 heteroatoms. The summed E-state index contributed by atoms with van der Waals surface area (Å²) in [6.07, 6.45) is 0. The van der Waals surface area contributed by atoms with Crippen LogP contribution in [0.3, 0.4) is 0 Å². The number of rotatable bonds is 9. The number of esters is 1. The van der Waals surface area contributed by atoms with Crippen LogP contribution in [-0.2, 0) is 37.5 Å². The highest BCUT2D eigenvalue weighted by atomic mass is 32.2. The monoisotopic (exact) mass is 420 g/mol. The molecule has 8 nitrogen and oxygen atoms in total. The van der Waals surface area contributed by atoms with Gasteiger partial charge in [-0.1, -0.05) is 0 Å². The van der Waals surface area contributed by atoms with Crippen molar-refractivity contribution in [2.24, 2.45) is 0 Å². The van der Waals surface area contributed by atoms with E-state index in [1.807, 2.05) is 0 Å². The normalized spacial score (nSPS) is 12.9. The third kappa shape index (κ3) is 5.06. The highest BCUT2D eigenvalue weighted by Gasteiger charge is 2.66. The molecule has 0 bridgehead atoms. The van der Waals surface area contributed by atoms with Crippen LogP contribution in [0, 0.1) is 0 Å². The number of methoxy groups -OCH3 is 2. The Kier molecular flexibility index (Phi) is 7.16. The van der Waals surface area contributed by atoms with Crippen LogP contribution in [0.15, 0.2) is 12.1 Å². The van der Waals surface area contributed by atoms with Crippen molar-refractivity contribution in [2.45, 2.75) is 24.4 Å². The van der Waals surface area contributed by atoms with Crippen molar-refractivity contribution in [1.82, 2.24) is 0 Å². The molecule has 0 radical (unpaired) electrons. The molecule has 0 heterocycles. The van der Waals surface area contributed by atoms with Gasteiger partial charge in [-0.2, -0.15) is 26.0 Å². The van der Waals surface area contributed by atoms with Crippen LogP contribution in [0.5, 0.6) is 5.75 Å². The van der Waals surface area contributed by atoms with Gasteiger partial charge in [-0.25, -0.2) is 4.79 Å². The summed E-state index contributed by atoms with van der Waals surface area (Å²) in [6, 6.07) is 2.03. The molecule has 0 spiro atoms. The SMILES string of the molecule is COCc1cc(C(=O)OCC(F)(F)C(F)(F)S(=O)(=O)O)cc(COC)c1O. The van der Waals surface area contributed by atoms with Crippen LogP contribution in [0.25, 0.3) is 0 Å². The number of hydrogen-bond acceptors (Lipinski definition) is 7. The average molecular weight is 420 g/mol. The van der Waals surface area contributed by atoms with Crippen LogP contribution in [-0.4, -0.2) is 56.0 Å². The number of benzene rings is 1. The number of aromatic hydroxyl groups is 1. The van der Waals surface area contributed by atoms with Crippen LogP contribution >= 0.6 is 0 Å². The largest absolute Gasteiger partial charge is 0.507 e. The lowest BCUT2D eigenvalue weighted by Gasteiger charge is -2.23. The molecule has 0 saturated carbocycles. The number of ether oxygens (including phenoxy) is 3. The molecule has 2 N–H and O–H groups in total. The van der Waals surface area contributed by atoms with E-state index in [1.54, 1.807) is 0 Å². The summed E-state index contributed by atoms with van der Waals surface area (Å²) in [5, 5.41) is 4.12. The molecule has 0 amide bonds. The molecule has 0 fully saturated rings. The minimum atomic E-state index is -6.45. The smallest absolute Gasteiger partial charge is 0.435 e. The van der Waals surface area contributed by atoms with E-state index < -0.39 is 39.4 Å². The summed E-state index contributed by atoms with van der Waals surface area (Å²) >= 11 is 0. The van der Waals surface area contributed by atoms with Gasteiger partial charge in [0.1, 0.15) is 5.75 Å². The van der Waals surface area contributed by atoms with E-state index in [4.69, 9.17) is 14.0 Å². The van der Waals surface area contributed by atoms with Gasteiger partial charge in [-0.3, -0.25) is 4.55 Å². The van der Waals surface area contributed by atoms with Gasteiger partial charge in [0, 0.05) is 25.3 Å². The van der Waals surface area contributed by atoms with Crippen molar-refractivity contribution in [3.05, 3.63) is 28.8 Å². The molecule has 154 valence electrons. The number of phenols is 1. The zero-order chi connectivity index (χ0) is 21.0. The number of halogens is 4. The molecule has 1 aromatic carbocycles. The van der Waals surface area contributed by atoms with Crippen molar-refractivity contribution >= 4 is 16.1 Å². The Morgan fingerprint density at radius 3 is 1.89 bits per heavy atom. The van der Waals surface area contributed by atoms with Gasteiger partial charge in [0.25, 0.3) is 0 Å².